The zero-order chi connectivity index (χ0) is 13.9. The summed E-state index contributed by atoms with van der Waals surface area (Å²) in [5, 5.41) is 3.04. The number of hydrogen-bond donors (Lipinski definition) is 2. The summed E-state index contributed by atoms with van der Waals surface area (Å²) in [7, 11) is 0. The Morgan fingerprint density at radius 2 is 2.06 bits per heavy atom. The normalized spacial score (nSPS) is 13.0. The lowest BCUT2D eigenvalue weighted by atomic mass is 10.1. The second-order valence-corrected chi connectivity index (χ2v) is 5.56. The van der Waals surface area contributed by atoms with Gasteiger partial charge in [-0.15, -0.1) is 0 Å². The fraction of sp³-hybridized carbons (Fsp3) is 0.462. The predicted octanol–water partition coefficient (Wildman–Crippen LogP) is 3.71. The van der Waals surface area contributed by atoms with E-state index in [0.29, 0.717) is 10.7 Å². The SMILES string of the molecule is C[C@@H](N)c1ccc(NC(=O)OC(C)(C)C)c(Cl)c1. The van der Waals surface area contributed by atoms with Crippen molar-refractivity contribution in [1.82, 2.24) is 0 Å². The van der Waals surface area contributed by atoms with Gasteiger partial charge in [-0.3, -0.25) is 5.32 Å². The molecule has 0 aliphatic carbocycles. The lowest BCUT2D eigenvalue weighted by Crippen LogP contribution is -2.27. The Hall–Kier alpha value is -1.26. The molecule has 0 fully saturated rings. The smallest absolute Gasteiger partial charge is 0.412 e. The van der Waals surface area contributed by atoms with Crippen LogP contribution in [0.2, 0.25) is 5.02 Å². The second kappa shape index (κ2) is 5.59. The van der Waals surface area contributed by atoms with E-state index in [0.717, 1.165) is 5.56 Å². The van der Waals surface area contributed by atoms with Crippen LogP contribution in [0.4, 0.5) is 10.5 Å². The van der Waals surface area contributed by atoms with Crippen LogP contribution in [0.1, 0.15) is 39.3 Å². The number of carbonyl (C=O) groups is 1. The second-order valence-electron chi connectivity index (χ2n) is 5.15. The van der Waals surface area contributed by atoms with Gasteiger partial charge < -0.3 is 10.5 Å². The first-order valence-electron chi connectivity index (χ1n) is 5.74. The monoisotopic (exact) mass is 270 g/mol. The Balaban J connectivity index is 2.77. The summed E-state index contributed by atoms with van der Waals surface area (Å²) in [5.74, 6) is 0. The van der Waals surface area contributed by atoms with Gasteiger partial charge >= 0.3 is 6.09 Å². The summed E-state index contributed by atoms with van der Waals surface area (Å²) in [6.45, 7) is 7.26. The zero-order valence-electron chi connectivity index (χ0n) is 11.1. The number of nitrogens with one attached hydrogen (secondary N) is 1. The number of ether oxygens (including phenoxy) is 1. The molecule has 100 valence electrons. The molecule has 1 rings (SSSR count). The third kappa shape index (κ3) is 4.55. The molecule has 1 atom stereocenters. The average molecular weight is 271 g/mol. The van der Waals surface area contributed by atoms with Gasteiger partial charge in [0.25, 0.3) is 0 Å². The molecule has 0 spiro atoms. The number of nitrogens with two attached hydrogens (primary N) is 1. The van der Waals surface area contributed by atoms with Gasteiger partial charge in [-0.25, -0.2) is 4.79 Å². The van der Waals surface area contributed by atoms with Crippen molar-refractivity contribution in [2.75, 3.05) is 5.32 Å². The number of benzene rings is 1. The van der Waals surface area contributed by atoms with E-state index < -0.39 is 11.7 Å². The minimum Gasteiger partial charge on any atom is -0.444 e. The van der Waals surface area contributed by atoms with Gasteiger partial charge in [0.15, 0.2) is 0 Å². The first-order valence-corrected chi connectivity index (χ1v) is 6.12. The van der Waals surface area contributed by atoms with Crippen molar-refractivity contribution in [3.8, 4) is 0 Å². The molecule has 0 aromatic heterocycles. The molecule has 4 nitrogen and oxygen atoms in total. The van der Waals surface area contributed by atoms with Crippen LogP contribution in [-0.4, -0.2) is 11.7 Å². The van der Waals surface area contributed by atoms with Gasteiger partial charge in [0.05, 0.1) is 10.7 Å². The van der Waals surface area contributed by atoms with E-state index in [4.69, 9.17) is 22.1 Å². The summed E-state index contributed by atoms with van der Waals surface area (Å²) in [5.41, 5.74) is 6.63. The molecule has 0 aliphatic heterocycles. The molecule has 1 aromatic carbocycles. The summed E-state index contributed by atoms with van der Waals surface area (Å²) < 4.78 is 5.14. The fourth-order valence-corrected chi connectivity index (χ4v) is 1.57. The Kier molecular flexibility index (Phi) is 4.59. The molecule has 0 unspecified atom stereocenters. The number of carbonyl (C=O) groups excluding carboxylic acids is 1. The Morgan fingerprint density at radius 1 is 1.44 bits per heavy atom. The standard InChI is InChI=1S/C13H19ClN2O2/c1-8(15)9-5-6-11(10(14)7-9)16-12(17)18-13(2,3)4/h5-8H,15H2,1-4H3,(H,16,17)/t8-/m1/s1. The largest absolute Gasteiger partial charge is 0.444 e. The van der Waals surface area contributed by atoms with Crippen LogP contribution in [0.5, 0.6) is 0 Å². The lowest BCUT2D eigenvalue weighted by Gasteiger charge is -2.20. The zero-order valence-corrected chi connectivity index (χ0v) is 11.8. The number of amides is 1. The molecule has 5 heteroatoms. The molecule has 1 amide bonds. The maximum absolute atomic E-state index is 11.6. The summed E-state index contributed by atoms with van der Waals surface area (Å²) in [4.78, 5) is 11.6. The minimum absolute atomic E-state index is 0.0990. The molecule has 0 radical (unpaired) electrons. The number of hydrogen-bond acceptors (Lipinski definition) is 3. The van der Waals surface area contributed by atoms with E-state index in [1.165, 1.54) is 0 Å². The van der Waals surface area contributed by atoms with E-state index in [1.807, 2.05) is 13.0 Å². The Morgan fingerprint density at radius 3 is 2.50 bits per heavy atom. The van der Waals surface area contributed by atoms with Gasteiger partial charge in [0.2, 0.25) is 0 Å². The van der Waals surface area contributed by atoms with Gasteiger partial charge in [-0.05, 0) is 45.4 Å². The van der Waals surface area contributed by atoms with Crippen molar-refractivity contribution in [3.63, 3.8) is 0 Å². The van der Waals surface area contributed by atoms with Gasteiger partial charge in [-0.1, -0.05) is 17.7 Å². The average Bonchev–Trinajstić information content (AvgIpc) is 2.17. The quantitative estimate of drug-likeness (QED) is 0.861. The maximum atomic E-state index is 11.6. The summed E-state index contributed by atoms with van der Waals surface area (Å²) >= 11 is 6.06. The molecule has 0 bridgehead atoms. The molecule has 0 aliphatic rings. The number of halogens is 1. The van der Waals surface area contributed by atoms with E-state index in [2.05, 4.69) is 5.32 Å². The summed E-state index contributed by atoms with van der Waals surface area (Å²) in [6.07, 6.45) is -0.530. The van der Waals surface area contributed by atoms with Crippen LogP contribution in [0.15, 0.2) is 18.2 Å². The van der Waals surface area contributed by atoms with Crippen LogP contribution in [-0.2, 0) is 4.74 Å². The number of anilines is 1. The molecule has 18 heavy (non-hydrogen) atoms. The molecule has 0 saturated carbocycles. The van der Waals surface area contributed by atoms with E-state index >= 15 is 0 Å². The van der Waals surface area contributed by atoms with Crippen LogP contribution in [0, 0.1) is 0 Å². The van der Waals surface area contributed by atoms with Crippen molar-refractivity contribution in [2.24, 2.45) is 5.73 Å². The number of rotatable bonds is 2. The third-order valence-electron chi connectivity index (χ3n) is 2.15. The molecular formula is C13H19ClN2O2. The van der Waals surface area contributed by atoms with Crippen LogP contribution < -0.4 is 11.1 Å². The molecule has 0 saturated heterocycles. The van der Waals surface area contributed by atoms with Crippen LogP contribution in [0.3, 0.4) is 0 Å². The highest BCUT2D eigenvalue weighted by Crippen LogP contribution is 2.25. The lowest BCUT2D eigenvalue weighted by molar-refractivity contribution is 0.0636. The fourth-order valence-electron chi connectivity index (χ4n) is 1.33. The third-order valence-corrected chi connectivity index (χ3v) is 2.47. The highest BCUT2D eigenvalue weighted by Gasteiger charge is 2.17. The van der Waals surface area contributed by atoms with Gasteiger partial charge in [-0.2, -0.15) is 0 Å². The van der Waals surface area contributed by atoms with E-state index in [1.54, 1.807) is 32.9 Å². The Bertz CT molecular complexity index is 439. The molecule has 1 aromatic rings. The van der Waals surface area contributed by atoms with Gasteiger partial charge in [0.1, 0.15) is 5.60 Å². The van der Waals surface area contributed by atoms with Crippen LogP contribution in [0.25, 0.3) is 0 Å². The van der Waals surface area contributed by atoms with Crippen molar-refractivity contribution >= 4 is 23.4 Å². The van der Waals surface area contributed by atoms with Gasteiger partial charge in [0, 0.05) is 6.04 Å². The van der Waals surface area contributed by atoms with E-state index in [-0.39, 0.29) is 6.04 Å². The minimum atomic E-state index is -0.539. The van der Waals surface area contributed by atoms with Crippen LogP contribution >= 0.6 is 11.6 Å². The first-order chi connectivity index (χ1) is 8.19. The topological polar surface area (TPSA) is 64.3 Å². The van der Waals surface area contributed by atoms with Crippen molar-refractivity contribution in [2.45, 2.75) is 39.3 Å². The van der Waals surface area contributed by atoms with Crippen molar-refractivity contribution in [1.29, 1.82) is 0 Å². The van der Waals surface area contributed by atoms with Crippen molar-refractivity contribution in [3.05, 3.63) is 28.8 Å². The molecular weight excluding hydrogens is 252 g/mol. The highest BCUT2D eigenvalue weighted by atomic mass is 35.5. The first kappa shape index (κ1) is 14.8. The highest BCUT2D eigenvalue weighted by molar-refractivity contribution is 6.33. The molecule has 0 heterocycles. The Labute approximate surface area is 112 Å². The predicted molar refractivity (Wildman–Crippen MR) is 73.9 cm³/mol. The van der Waals surface area contributed by atoms with Crippen molar-refractivity contribution < 1.29 is 9.53 Å². The van der Waals surface area contributed by atoms with E-state index in [9.17, 15) is 4.79 Å². The maximum Gasteiger partial charge on any atom is 0.412 e. The molecule has 3 N–H and O–H groups in total. The summed E-state index contributed by atoms with van der Waals surface area (Å²) in [6, 6.07) is 5.17.